The van der Waals surface area contributed by atoms with E-state index in [1.54, 1.807) is 0 Å². The van der Waals surface area contributed by atoms with Crippen LogP contribution in [0.2, 0.25) is 0 Å². The molecule has 322 valence electrons. The van der Waals surface area contributed by atoms with Crippen LogP contribution in [0, 0.1) is 0 Å². The molecule has 7 heteroatoms. The molecule has 0 bridgehead atoms. The van der Waals surface area contributed by atoms with Gasteiger partial charge in [-0.2, -0.15) is 0 Å². The minimum Gasteiger partial charge on any atom is -0.458 e. The van der Waals surface area contributed by atoms with Crippen LogP contribution in [0.25, 0.3) is 90.1 Å². The predicted molar refractivity (Wildman–Crippen MR) is 279 cm³/mol. The number of benzene rings is 9. The number of aromatic nitrogens is 4. The van der Waals surface area contributed by atoms with Gasteiger partial charge < -0.3 is 9.47 Å². The minimum absolute atomic E-state index is 0.304. The Hall–Kier alpha value is -9.20. The fraction of sp³-hybridized carbons (Fsp3) is 0. The van der Waals surface area contributed by atoms with Crippen LogP contribution in [0.5, 0.6) is 23.0 Å². The summed E-state index contributed by atoms with van der Waals surface area (Å²) >= 11 is 0. The molecule has 11 aromatic rings. The zero-order valence-corrected chi connectivity index (χ0v) is 37.2. The minimum atomic E-state index is -0.304. The number of ether oxygens (including phenoxy) is 2. The summed E-state index contributed by atoms with van der Waals surface area (Å²) < 4.78 is 14.7. The van der Waals surface area contributed by atoms with E-state index in [1.807, 2.05) is 72.8 Å². The van der Waals surface area contributed by atoms with Gasteiger partial charge in [0.1, 0.15) is 23.0 Å². The first-order chi connectivity index (χ1) is 34.2. The van der Waals surface area contributed by atoms with Crippen LogP contribution in [-0.4, -0.2) is 26.6 Å². The fourth-order valence-corrected chi connectivity index (χ4v) is 9.70. The molecule has 0 saturated heterocycles. The van der Waals surface area contributed by atoms with Crippen molar-refractivity contribution in [3.05, 3.63) is 237 Å². The molecule has 9 aromatic carbocycles. The van der Waals surface area contributed by atoms with Gasteiger partial charge in [-0.15, -0.1) is 0 Å². The van der Waals surface area contributed by atoms with E-state index in [9.17, 15) is 0 Å². The van der Waals surface area contributed by atoms with Gasteiger partial charge in [0, 0.05) is 38.8 Å². The van der Waals surface area contributed by atoms with Crippen LogP contribution >= 0.6 is 0 Å². The lowest BCUT2D eigenvalue weighted by Gasteiger charge is -2.35. The smallest absolute Gasteiger partial charge is 0.260 e. The van der Waals surface area contributed by atoms with E-state index < -0.39 is 0 Å². The number of rotatable bonds is 8. The molecule has 69 heavy (non-hydrogen) atoms. The lowest BCUT2D eigenvalue weighted by molar-refractivity contribution is 0.466. The second-order valence-corrected chi connectivity index (χ2v) is 17.3. The highest BCUT2D eigenvalue weighted by molar-refractivity contribution is 6.98. The maximum atomic E-state index is 7.33. The maximum absolute atomic E-state index is 7.33. The molecule has 6 nitrogen and oxygen atoms in total. The molecule has 2 aliphatic rings. The quantitative estimate of drug-likeness (QED) is 0.142. The highest BCUT2D eigenvalue weighted by Gasteiger charge is 2.43. The molecule has 13 rings (SSSR count). The number of fused-ring (bicyclic) bond motifs is 4. The Balaban J connectivity index is 1.13. The van der Waals surface area contributed by atoms with E-state index in [4.69, 9.17) is 29.4 Å². The third-order valence-electron chi connectivity index (χ3n) is 13.0. The third-order valence-corrected chi connectivity index (χ3v) is 13.0. The predicted octanol–water partition coefficient (Wildman–Crippen LogP) is 13.3. The van der Waals surface area contributed by atoms with Crippen molar-refractivity contribution in [3.8, 4) is 113 Å². The molecule has 2 aromatic heterocycles. The Labute approximate surface area is 400 Å². The lowest BCUT2D eigenvalue weighted by atomic mass is 9.34. The summed E-state index contributed by atoms with van der Waals surface area (Å²) in [6, 6.07) is 81.3. The molecule has 0 aliphatic carbocycles. The summed E-state index contributed by atoms with van der Waals surface area (Å²) in [6.45, 7) is -0.304. The van der Waals surface area contributed by atoms with Gasteiger partial charge in [0.25, 0.3) is 6.71 Å². The van der Waals surface area contributed by atoms with Crippen LogP contribution < -0.4 is 25.9 Å². The van der Waals surface area contributed by atoms with Crippen LogP contribution in [0.4, 0.5) is 0 Å². The average molecular weight is 883 g/mol. The summed E-state index contributed by atoms with van der Waals surface area (Å²) in [7, 11) is 0. The van der Waals surface area contributed by atoms with Gasteiger partial charge in [-0.3, -0.25) is 0 Å². The second-order valence-electron chi connectivity index (χ2n) is 17.3. The first kappa shape index (κ1) is 40.1. The van der Waals surface area contributed by atoms with Crippen molar-refractivity contribution in [2.45, 2.75) is 0 Å². The van der Waals surface area contributed by atoms with Crippen molar-refractivity contribution in [3.63, 3.8) is 0 Å². The molecular weight excluding hydrogens is 844 g/mol. The van der Waals surface area contributed by atoms with Gasteiger partial charge >= 0.3 is 0 Å². The van der Waals surface area contributed by atoms with Crippen molar-refractivity contribution in [2.24, 2.45) is 0 Å². The van der Waals surface area contributed by atoms with Gasteiger partial charge in [0.05, 0.1) is 22.8 Å². The number of hydrogen-bond donors (Lipinski definition) is 0. The zero-order chi connectivity index (χ0) is 45.7. The van der Waals surface area contributed by atoms with E-state index in [0.717, 1.165) is 94.9 Å². The van der Waals surface area contributed by atoms with Gasteiger partial charge in [-0.25, -0.2) is 19.9 Å². The number of hydrogen-bond acceptors (Lipinski definition) is 6. The summed E-state index contributed by atoms with van der Waals surface area (Å²) in [4.78, 5) is 21.2. The van der Waals surface area contributed by atoms with Crippen molar-refractivity contribution >= 4 is 23.1 Å². The van der Waals surface area contributed by atoms with Crippen molar-refractivity contribution in [1.82, 2.24) is 19.9 Å². The molecule has 0 fully saturated rings. The Kier molecular flexibility index (Phi) is 9.83. The summed E-state index contributed by atoms with van der Waals surface area (Å²) in [5.41, 5.74) is 15.7. The van der Waals surface area contributed by atoms with Gasteiger partial charge in [-0.1, -0.05) is 206 Å². The molecule has 0 N–H and O–H groups in total. The van der Waals surface area contributed by atoms with Gasteiger partial charge in [-0.05, 0) is 63.5 Å². The van der Waals surface area contributed by atoms with E-state index >= 15 is 0 Å². The SMILES string of the molecule is c1ccc(-c2ccc3c(c2)B2c4cc(-c5ccccc5)ccc4Oc4c(-c5cc(-c6ccccc6)nc(-c6ccccc6)n5)cc(-c5cc(-c6ccccc6)nc(-c6ccccc6)n5)c(c42)O3)cc1. The van der Waals surface area contributed by atoms with Crippen LogP contribution in [-0.2, 0) is 0 Å². The molecular formula is C62H39BN4O2. The number of nitrogens with zero attached hydrogens (tertiary/aromatic N) is 4. The Morgan fingerprint density at radius 3 is 0.986 bits per heavy atom. The summed E-state index contributed by atoms with van der Waals surface area (Å²) in [5, 5.41) is 0. The van der Waals surface area contributed by atoms with Crippen molar-refractivity contribution in [2.75, 3.05) is 0 Å². The molecule has 2 aliphatic heterocycles. The van der Waals surface area contributed by atoms with Crippen LogP contribution in [0.3, 0.4) is 0 Å². The molecule has 0 spiro atoms. The topological polar surface area (TPSA) is 70.0 Å². The van der Waals surface area contributed by atoms with Crippen LogP contribution in [0.1, 0.15) is 0 Å². The Morgan fingerprint density at radius 2 is 0.609 bits per heavy atom. The first-order valence-electron chi connectivity index (χ1n) is 23.1. The monoisotopic (exact) mass is 882 g/mol. The average Bonchev–Trinajstić information content (AvgIpc) is 3.44. The van der Waals surface area contributed by atoms with Crippen LogP contribution in [0.15, 0.2) is 237 Å². The van der Waals surface area contributed by atoms with Crippen molar-refractivity contribution in [1.29, 1.82) is 0 Å². The van der Waals surface area contributed by atoms with E-state index in [2.05, 4.69) is 164 Å². The molecule has 0 unspecified atom stereocenters. The highest BCUT2D eigenvalue weighted by Crippen LogP contribution is 2.47. The summed E-state index contributed by atoms with van der Waals surface area (Å²) in [6.07, 6.45) is 0. The zero-order valence-electron chi connectivity index (χ0n) is 37.2. The molecule has 4 heterocycles. The Morgan fingerprint density at radius 1 is 0.275 bits per heavy atom. The largest absolute Gasteiger partial charge is 0.458 e. The standard InChI is InChI=1S/C62H39BN4O2/c1-7-19-40(20-8-1)46-31-33-56-50(35-46)63-51-36-47(41-21-9-2-10-22-41)32-34-57(51)69-60-49(55-39-53(43-25-13-4-14-26-43)65-62(67-55)45-29-17-6-18-30-45)37-48(59(68-56)58(60)63)54-38-52(42-23-11-3-12-24-42)64-61(66-54)44-27-15-5-16-28-44/h1-39H. The summed E-state index contributed by atoms with van der Waals surface area (Å²) in [5.74, 6) is 4.09. The fourth-order valence-electron chi connectivity index (χ4n) is 9.70. The highest BCUT2D eigenvalue weighted by atomic mass is 16.5. The molecule has 0 radical (unpaired) electrons. The molecule has 0 atom stereocenters. The van der Waals surface area contributed by atoms with E-state index in [-0.39, 0.29) is 6.71 Å². The second kappa shape index (κ2) is 16.9. The third kappa shape index (κ3) is 7.34. The first-order valence-corrected chi connectivity index (χ1v) is 23.1. The van der Waals surface area contributed by atoms with E-state index in [1.165, 1.54) is 0 Å². The lowest BCUT2D eigenvalue weighted by Crippen LogP contribution is -2.57. The van der Waals surface area contributed by atoms with Gasteiger partial charge in [0.15, 0.2) is 11.6 Å². The normalized spacial score (nSPS) is 12.0. The van der Waals surface area contributed by atoms with Crippen molar-refractivity contribution < 1.29 is 9.47 Å². The van der Waals surface area contributed by atoms with E-state index in [0.29, 0.717) is 34.5 Å². The molecule has 0 saturated carbocycles. The Bertz CT molecular complexity index is 3350. The van der Waals surface area contributed by atoms with Gasteiger partial charge in [0.2, 0.25) is 0 Å². The maximum Gasteiger partial charge on any atom is 0.260 e. The molecule has 0 amide bonds.